The van der Waals surface area contributed by atoms with Crippen LogP contribution in [0.25, 0.3) is 28.0 Å². The number of nitrogens with one attached hydrogen (secondary N) is 1. The molecule has 0 saturated heterocycles. The number of halogens is 4. The first-order valence-corrected chi connectivity index (χ1v) is 10.1. The van der Waals surface area contributed by atoms with Crippen molar-refractivity contribution in [1.82, 2.24) is 19.9 Å². The van der Waals surface area contributed by atoms with Gasteiger partial charge >= 0.3 is 6.18 Å². The van der Waals surface area contributed by atoms with Crippen molar-refractivity contribution < 1.29 is 22.4 Å². The molecule has 4 aromatic rings. The van der Waals surface area contributed by atoms with Crippen LogP contribution in [0, 0.1) is 24.1 Å². The monoisotopic (exact) mass is 467 g/mol. The summed E-state index contributed by atoms with van der Waals surface area (Å²) in [7, 11) is 0. The first-order chi connectivity index (χ1) is 16.1. The van der Waals surface area contributed by atoms with Gasteiger partial charge in [-0.05, 0) is 55.8 Å². The molecule has 0 fully saturated rings. The van der Waals surface area contributed by atoms with Crippen molar-refractivity contribution in [3.8, 4) is 23.1 Å². The summed E-state index contributed by atoms with van der Waals surface area (Å²) in [5.41, 5.74) is 2.22. The summed E-state index contributed by atoms with van der Waals surface area (Å²) in [6.07, 6.45) is -0.295. The molecular formula is C24H17F4N5O. The lowest BCUT2D eigenvalue weighted by atomic mass is 10.1. The zero-order chi connectivity index (χ0) is 24.6. The van der Waals surface area contributed by atoms with E-state index in [0.29, 0.717) is 27.8 Å². The van der Waals surface area contributed by atoms with E-state index in [1.165, 1.54) is 18.2 Å². The normalized spacial score (nSPS) is 12.4. The van der Waals surface area contributed by atoms with Crippen molar-refractivity contribution in [2.45, 2.75) is 26.1 Å². The summed E-state index contributed by atoms with van der Waals surface area (Å²) in [6, 6.07) is 9.17. The maximum Gasteiger partial charge on any atom is 0.408 e. The molecule has 1 amide bonds. The van der Waals surface area contributed by atoms with Crippen LogP contribution in [-0.4, -0.2) is 32.7 Å². The molecular weight excluding hydrogens is 450 g/mol. The summed E-state index contributed by atoms with van der Waals surface area (Å²) in [5.74, 6) is -1.41. The second kappa shape index (κ2) is 8.59. The highest BCUT2D eigenvalue weighted by Gasteiger charge is 2.37. The Morgan fingerprint density at radius 1 is 1.21 bits per heavy atom. The molecule has 1 aromatic carbocycles. The van der Waals surface area contributed by atoms with Crippen molar-refractivity contribution in [2.75, 3.05) is 0 Å². The van der Waals surface area contributed by atoms with Gasteiger partial charge in [0.15, 0.2) is 0 Å². The smallest absolute Gasteiger partial charge is 0.340 e. The highest BCUT2D eigenvalue weighted by molar-refractivity contribution is 5.97. The molecule has 0 radical (unpaired) electrons. The van der Waals surface area contributed by atoms with E-state index >= 15 is 0 Å². The Morgan fingerprint density at radius 2 is 1.97 bits per heavy atom. The van der Waals surface area contributed by atoms with Crippen LogP contribution >= 0.6 is 0 Å². The van der Waals surface area contributed by atoms with Crippen LogP contribution in [0.5, 0.6) is 0 Å². The fourth-order valence-corrected chi connectivity index (χ4v) is 3.55. The van der Waals surface area contributed by atoms with Crippen molar-refractivity contribution >= 4 is 16.8 Å². The summed E-state index contributed by atoms with van der Waals surface area (Å²) >= 11 is 0. The van der Waals surface area contributed by atoms with Crippen LogP contribution < -0.4 is 5.32 Å². The third-order valence-corrected chi connectivity index (χ3v) is 5.37. The number of pyridine rings is 2. The van der Waals surface area contributed by atoms with Gasteiger partial charge in [0.05, 0.1) is 39.9 Å². The number of aryl methyl sites for hydroxylation is 1. The van der Waals surface area contributed by atoms with E-state index in [4.69, 9.17) is 0 Å². The van der Waals surface area contributed by atoms with Gasteiger partial charge in [-0.2, -0.15) is 18.4 Å². The number of hydrogen-bond acceptors (Lipinski definition) is 4. The number of carbonyl (C=O) groups is 1. The minimum Gasteiger partial charge on any atom is -0.340 e. The Kier molecular flexibility index (Phi) is 5.79. The molecule has 0 bridgehead atoms. The predicted molar refractivity (Wildman–Crippen MR) is 117 cm³/mol. The SMILES string of the molecule is Cc1cc2c(cc1F)c(C#N)c(-c1ccc(C(=O)NC(C)C(F)(F)F)cn1)n2-c1cccnc1. The van der Waals surface area contributed by atoms with Gasteiger partial charge < -0.3 is 9.88 Å². The quantitative estimate of drug-likeness (QED) is 0.424. The predicted octanol–water partition coefficient (Wildman–Crippen LogP) is 5.09. The maximum atomic E-state index is 14.4. The second-order valence-corrected chi connectivity index (χ2v) is 7.67. The number of rotatable bonds is 4. The molecule has 3 heterocycles. The van der Waals surface area contributed by atoms with Crippen LogP contribution in [-0.2, 0) is 0 Å². The molecule has 4 rings (SSSR count). The van der Waals surface area contributed by atoms with E-state index in [1.54, 1.807) is 42.1 Å². The van der Waals surface area contributed by atoms with Gasteiger partial charge in [0.1, 0.15) is 17.9 Å². The third-order valence-electron chi connectivity index (χ3n) is 5.37. The molecule has 0 saturated carbocycles. The lowest BCUT2D eigenvalue weighted by molar-refractivity contribution is -0.149. The summed E-state index contributed by atoms with van der Waals surface area (Å²) in [4.78, 5) is 20.6. The fourth-order valence-electron chi connectivity index (χ4n) is 3.55. The van der Waals surface area contributed by atoms with Crippen molar-refractivity contribution in [2.24, 2.45) is 0 Å². The zero-order valence-corrected chi connectivity index (χ0v) is 18.0. The molecule has 1 N–H and O–H groups in total. The van der Waals surface area contributed by atoms with E-state index in [-0.39, 0.29) is 16.8 Å². The largest absolute Gasteiger partial charge is 0.408 e. The standard InChI is InChI=1S/C24H17F4N5O/c1-13-8-21-17(9-19(13)25)18(10-29)22(33(21)16-4-3-7-30-12-16)20-6-5-15(11-31-20)23(34)32-14(2)24(26,27)28/h3-9,11-12,14H,1-2H3,(H,32,34). The molecule has 0 spiro atoms. The number of benzene rings is 1. The van der Waals surface area contributed by atoms with E-state index in [2.05, 4.69) is 16.0 Å². The first-order valence-electron chi connectivity index (χ1n) is 10.1. The zero-order valence-electron chi connectivity index (χ0n) is 18.0. The summed E-state index contributed by atoms with van der Waals surface area (Å²) < 4.78 is 54.4. The lowest BCUT2D eigenvalue weighted by Gasteiger charge is -2.17. The van der Waals surface area contributed by atoms with E-state index in [0.717, 1.165) is 13.1 Å². The number of amides is 1. The third kappa shape index (κ3) is 4.08. The van der Waals surface area contributed by atoms with E-state index in [1.807, 2.05) is 5.32 Å². The van der Waals surface area contributed by atoms with Crippen LogP contribution in [0.4, 0.5) is 17.6 Å². The Labute approximate surface area is 191 Å². The second-order valence-electron chi connectivity index (χ2n) is 7.67. The Balaban J connectivity index is 1.86. The van der Waals surface area contributed by atoms with Gasteiger partial charge in [-0.1, -0.05) is 0 Å². The van der Waals surface area contributed by atoms with E-state index < -0.39 is 23.9 Å². The molecule has 10 heteroatoms. The highest BCUT2D eigenvalue weighted by atomic mass is 19.4. The minimum atomic E-state index is -4.58. The molecule has 172 valence electrons. The summed E-state index contributed by atoms with van der Waals surface area (Å²) in [6.45, 7) is 2.45. The molecule has 0 aliphatic heterocycles. The fraction of sp³-hybridized carbons (Fsp3) is 0.167. The molecule has 6 nitrogen and oxygen atoms in total. The maximum absolute atomic E-state index is 14.4. The van der Waals surface area contributed by atoms with Crippen molar-refractivity contribution in [3.63, 3.8) is 0 Å². The Hall–Kier alpha value is -4.26. The Bertz CT molecular complexity index is 1420. The average Bonchev–Trinajstić information content (AvgIpc) is 3.12. The van der Waals surface area contributed by atoms with Gasteiger partial charge in [-0.3, -0.25) is 14.8 Å². The number of carbonyl (C=O) groups excluding carboxylic acids is 1. The molecule has 3 aromatic heterocycles. The van der Waals surface area contributed by atoms with Gasteiger partial charge in [0.2, 0.25) is 0 Å². The van der Waals surface area contributed by atoms with Crippen molar-refractivity contribution in [3.05, 3.63) is 77.5 Å². The lowest BCUT2D eigenvalue weighted by Crippen LogP contribution is -2.43. The van der Waals surface area contributed by atoms with Crippen LogP contribution in [0.15, 0.2) is 55.0 Å². The average molecular weight is 467 g/mol. The molecule has 34 heavy (non-hydrogen) atoms. The summed E-state index contributed by atoms with van der Waals surface area (Å²) in [5, 5.41) is 12.2. The van der Waals surface area contributed by atoms with E-state index in [9.17, 15) is 27.6 Å². The Morgan fingerprint density at radius 3 is 2.56 bits per heavy atom. The number of nitrogens with zero attached hydrogens (tertiary/aromatic N) is 4. The molecule has 1 atom stereocenters. The van der Waals surface area contributed by atoms with Gasteiger partial charge in [0, 0.05) is 17.8 Å². The number of hydrogen-bond donors (Lipinski definition) is 1. The highest BCUT2D eigenvalue weighted by Crippen LogP contribution is 2.36. The van der Waals surface area contributed by atoms with Gasteiger partial charge in [-0.25, -0.2) is 4.39 Å². The number of aromatic nitrogens is 3. The van der Waals surface area contributed by atoms with Crippen LogP contribution in [0.1, 0.15) is 28.4 Å². The first kappa shape index (κ1) is 22.9. The molecule has 1 unspecified atom stereocenters. The molecule has 0 aliphatic rings. The number of alkyl halides is 3. The van der Waals surface area contributed by atoms with Gasteiger partial charge in [0.25, 0.3) is 5.91 Å². The van der Waals surface area contributed by atoms with Crippen molar-refractivity contribution in [1.29, 1.82) is 5.26 Å². The molecule has 0 aliphatic carbocycles. The minimum absolute atomic E-state index is 0.0794. The van der Waals surface area contributed by atoms with Crippen LogP contribution in [0.3, 0.4) is 0 Å². The number of fused-ring (bicyclic) bond motifs is 1. The van der Waals surface area contributed by atoms with Crippen LogP contribution in [0.2, 0.25) is 0 Å². The topological polar surface area (TPSA) is 83.6 Å². The number of nitriles is 1. The van der Waals surface area contributed by atoms with Gasteiger partial charge in [-0.15, -0.1) is 0 Å².